The molecule has 1 saturated heterocycles. The van der Waals surface area contributed by atoms with E-state index in [0.717, 1.165) is 67.7 Å². The third-order valence-corrected chi connectivity index (χ3v) is 4.92. The molecule has 0 aliphatic carbocycles. The molecule has 1 aliphatic rings. The van der Waals surface area contributed by atoms with Crippen LogP contribution in [0.5, 0.6) is 0 Å². The SMILES string of the molecule is CCCc1cc(N2CCC(NCc3cccc(Cl)c3)CC2)nc(C)n1. The third-order valence-electron chi connectivity index (χ3n) is 4.69. The largest absolute Gasteiger partial charge is 0.356 e. The van der Waals surface area contributed by atoms with Crippen molar-refractivity contribution in [1.29, 1.82) is 0 Å². The zero-order valence-corrected chi connectivity index (χ0v) is 15.9. The predicted octanol–water partition coefficient (Wildman–Crippen LogP) is 4.15. The molecule has 5 heteroatoms. The first-order valence-electron chi connectivity index (χ1n) is 9.21. The van der Waals surface area contributed by atoms with E-state index in [9.17, 15) is 0 Å². The minimum absolute atomic E-state index is 0.549. The highest BCUT2D eigenvalue weighted by Gasteiger charge is 2.20. The summed E-state index contributed by atoms with van der Waals surface area (Å²) in [5.74, 6) is 1.96. The molecule has 1 aliphatic heterocycles. The molecule has 1 N–H and O–H groups in total. The van der Waals surface area contributed by atoms with E-state index < -0.39 is 0 Å². The Hall–Kier alpha value is -1.65. The topological polar surface area (TPSA) is 41.0 Å². The standard InChI is InChI=1S/C20H27ClN4/c1-3-5-19-13-20(24-15(2)23-19)25-10-8-18(9-11-25)22-14-16-6-4-7-17(21)12-16/h4,6-7,12-13,18,22H,3,5,8-11,14H2,1-2H3. The summed E-state index contributed by atoms with van der Waals surface area (Å²) in [4.78, 5) is 11.6. The number of aryl methyl sites for hydroxylation is 2. The molecule has 0 radical (unpaired) electrons. The highest BCUT2D eigenvalue weighted by atomic mass is 35.5. The average molecular weight is 359 g/mol. The van der Waals surface area contributed by atoms with Crippen LogP contribution in [-0.4, -0.2) is 29.1 Å². The van der Waals surface area contributed by atoms with Crippen molar-refractivity contribution in [1.82, 2.24) is 15.3 Å². The summed E-state index contributed by atoms with van der Waals surface area (Å²) in [7, 11) is 0. The van der Waals surface area contributed by atoms with Gasteiger partial charge >= 0.3 is 0 Å². The lowest BCUT2D eigenvalue weighted by molar-refractivity contribution is 0.412. The minimum Gasteiger partial charge on any atom is -0.356 e. The van der Waals surface area contributed by atoms with Crippen molar-refractivity contribution in [2.24, 2.45) is 0 Å². The summed E-state index contributed by atoms with van der Waals surface area (Å²) in [5.41, 5.74) is 2.40. The molecule has 0 saturated carbocycles. The molecule has 1 aromatic carbocycles. The lowest BCUT2D eigenvalue weighted by atomic mass is 10.0. The molecular formula is C20H27ClN4. The van der Waals surface area contributed by atoms with Crippen molar-refractivity contribution in [2.45, 2.75) is 52.1 Å². The molecule has 0 amide bonds. The maximum atomic E-state index is 6.05. The van der Waals surface area contributed by atoms with Gasteiger partial charge in [0.1, 0.15) is 11.6 Å². The van der Waals surface area contributed by atoms with Crippen LogP contribution in [0.1, 0.15) is 43.3 Å². The lowest BCUT2D eigenvalue weighted by Gasteiger charge is -2.33. The van der Waals surface area contributed by atoms with Gasteiger partial charge < -0.3 is 10.2 Å². The smallest absolute Gasteiger partial charge is 0.132 e. The van der Waals surface area contributed by atoms with Crippen LogP contribution in [0.3, 0.4) is 0 Å². The second-order valence-electron chi connectivity index (χ2n) is 6.79. The van der Waals surface area contributed by atoms with Crippen molar-refractivity contribution >= 4 is 17.4 Å². The van der Waals surface area contributed by atoms with Gasteiger partial charge in [0, 0.05) is 42.5 Å². The first-order chi connectivity index (χ1) is 12.1. The fourth-order valence-electron chi connectivity index (χ4n) is 3.38. The summed E-state index contributed by atoms with van der Waals surface area (Å²) in [6.45, 7) is 7.12. The van der Waals surface area contributed by atoms with Gasteiger partial charge in [-0.1, -0.05) is 37.1 Å². The van der Waals surface area contributed by atoms with Gasteiger partial charge in [0.05, 0.1) is 0 Å². The average Bonchev–Trinajstić information content (AvgIpc) is 2.60. The summed E-state index contributed by atoms with van der Waals surface area (Å²) in [6.07, 6.45) is 4.40. The quantitative estimate of drug-likeness (QED) is 0.842. The number of hydrogen-bond donors (Lipinski definition) is 1. The van der Waals surface area contributed by atoms with Gasteiger partial charge in [-0.15, -0.1) is 0 Å². The van der Waals surface area contributed by atoms with Gasteiger partial charge in [0.2, 0.25) is 0 Å². The maximum absolute atomic E-state index is 6.05. The van der Waals surface area contributed by atoms with Gasteiger partial charge in [-0.05, 0) is 43.9 Å². The summed E-state index contributed by atoms with van der Waals surface area (Å²) in [5, 5.41) is 4.46. The van der Waals surface area contributed by atoms with Crippen LogP contribution in [0.4, 0.5) is 5.82 Å². The summed E-state index contributed by atoms with van der Waals surface area (Å²) in [6, 6.07) is 10.8. The second-order valence-corrected chi connectivity index (χ2v) is 7.22. The molecule has 1 fully saturated rings. The molecule has 0 bridgehead atoms. The second kappa shape index (κ2) is 8.63. The van der Waals surface area contributed by atoms with E-state index in [1.165, 1.54) is 5.56 Å². The monoisotopic (exact) mass is 358 g/mol. The Morgan fingerprint density at radius 3 is 2.72 bits per heavy atom. The zero-order chi connectivity index (χ0) is 17.6. The minimum atomic E-state index is 0.549. The van der Waals surface area contributed by atoms with Crippen molar-refractivity contribution in [2.75, 3.05) is 18.0 Å². The lowest BCUT2D eigenvalue weighted by Crippen LogP contribution is -2.42. The fourth-order valence-corrected chi connectivity index (χ4v) is 3.59. The van der Waals surface area contributed by atoms with Crippen LogP contribution in [0.25, 0.3) is 0 Å². The van der Waals surface area contributed by atoms with Gasteiger partial charge in [0.25, 0.3) is 0 Å². The Bertz CT molecular complexity index is 696. The molecular weight excluding hydrogens is 332 g/mol. The molecule has 0 atom stereocenters. The number of nitrogens with zero attached hydrogens (tertiary/aromatic N) is 3. The number of rotatable bonds is 6. The van der Waals surface area contributed by atoms with Crippen molar-refractivity contribution in [3.63, 3.8) is 0 Å². The highest BCUT2D eigenvalue weighted by Crippen LogP contribution is 2.20. The van der Waals surface area contributed by atoms with Gasteiger partial charge in [0.15, 0.2) is 0 Å². The maximum Gasteiger partial charge on any atom is 0.132 e. The first kappa shape index (κ1) is 18.2. The van der Waals surface area contributed by atoms with E-state index in [2.05, 4.69) is 39.2 Å². The molecule has 0 unspecified atom stereocenters. The Morgan fingerprint density at radius 1 is 1.20 bits per heavy atom. The highest BCUT2D eigenvalue weighted by molar-refractivity contribution is 6.30. The summed E-state index contributed by atoms with van der Waals surface area (Å²) >= 11 is 6.05. The number of hydrogen-bond acceptors (Lipinski definition) is 4. The third kappa shape index (κ3) is 5.16. The Balaban J connectivity index is 1.53. The van der Waals surface area contributed by atoms with Crippen molar-refractivity contribution in [3.8, 4) is 0 Å². The van der Waals surface area contributed by atoms with Gasteiger partial charge in [-0.25, -0.2) is 9.97 Å². The number of halogens is 1. The molecule has 4 nitrogen and oxygen atoms in total. The number of aromatic nitrogens is 2. The normalized spacial score (nSPS) is 15.6. The van der Waals surface area contributed by atoms with E-state index in [1.807, 2.05) is 25.1 Å². The molecule has 2 aromatic rings. The molecule has 3 rings (SSSR count). The van der Waals surface area contributed by atoms with Crippen LogP contribution in [0, 0.1) is 6.92 Å². The number of benzene rings is 1. The Kier molecular flexibility index (Phi) is 6.27. The van der Waals surface area contributed by atoms with Crippen LogP contribution < -0.4 is 10.2 Å². The van der Waals surface area contributed by atoms with Crippen LogP contribution in [-0.2, 0) is 13.0 Å². The van der Waals surface area contributed by atoms with Gasteiger partial charge in [-0.3, -0.25) is 0 Å². The van der Waals surface area contributed by atoms with E-state index in [-0.39, 0.29) is 0 Å². The molecule has 0 spiro atoms. The zero-order valence-electron chi connectivity index (χ0n) is 15.1. The molecule has 2 heterocycles. The van der Waals surface area contributed by atoms with Crippen LogP contribution in [0.2, 0.25) is 5.02 Å². The van der Waals surface area contributed by atoms with E-state index in [0.29, 0.717) is 6.04 Å². The van der Waals surface area contributed by atoms with E-state index in [1.54, 1.807) is 0 Å². The number of piperidine rings is 1. The molecule has 134 valence electrons. The Morgan fingerprint density at radius 2 is 2.00 bits per heavy atom. The Labute approximate surface area is 155 Å². The fraction of sp³-hybridized carbons (Fsp3) is 0.500. The first-order valence-corrected chi connectivity index (χ1v) is 9.59. The predicted molar refractivity (Wildman–Crippen MR) is 104 cm³/mol. The van der Waals surface area contributed by atoms with Crippen molar-refractivity contribution < 1.29 is 0 Å². The molecule has 1 aromatic heterocycles. The number of nitrogens with one attached hydrogen (secondary N) is 1. The number of anilines is 1. The van der Waals surface area contributed by atoms with Crippen LogP contribution in [0.15, 0.2) is 30.3 Å². The summed E-state index contributed by atoms with van der Waals surface area (Å²) < 4.78 is 0. The van der Waals surface area contributed by atoms with Gasteiger partial charge in [-0.2, -0.15) is 0 Å². The van der Waals surface area contributed by atoms with Crippen LogP contribution >= 0.6 is 11.6 Å². The van der Waals surface area contributed by atoms with E-state index >= 15 is 0 Å². The van der Waals surface area contributed by atoms with E-state index in [4.69, 9.17) is 11.6 Å². The van der Waals surface area contributed by atoms with Crippen molar-refractivity contribution in [3.05, 3.63) is 52.4 Å². The molecule has 25 heavy (non-hydrogen) atoms.